The number of aryl methyl sites for hydroxylation is 3. The van der Waals surface area contributed by atoms with E-state index in [1.165, 1.54) is 0 Å². The van der Waals surface area contributed by atoms with Crippen molar-refractivity contribution in [2.45, 2.75) is 33.7 Å². The summed E-state index contributed by atoms with van der Waals surface area (Å²) in [5.41, 5.74) is 9.83. The number of nitrogen functional groups attached to an aromatic ring is 1. The fourth-order valence-electron chi connectivity index (χ4n) is 2.20. The largest absolute Gasteiger partial charge is 0.398 e. The van der Waals surface area contributed by atoms with E-state index in [2.05, 4.69) is 21.0 Å². The van der Waals surface area contributed by atoms with E-state index in [1.807, 2.05) is 37.6 Å². The molecule has 1 heterocycles. The third-order valence-corrected chi connectivity index (χ3v) is 4.32. The first kappa shape index (κ1) is 14.8. The lowest BCUT2D eigenvalue weighted by Gasteiger charge is -2.08. The summed E-state index contributed by atoms with van der Waals surface area (Å²) >= 11 is 3.51. The molecule has 0 saturated carbocycles. The number of rotatable bonds is 4. The first-order chi connectivity index (χ1) is 9.43. The third-order valence-electron chi connectivity index (χ3n) is 3.29. The van der Waals surface area contributed by atoms with Gasteiger partial charge in [0.1, 0.15) is 0 Å². The lowest BCUT2D eigenvalue weighted by atomic mass is 10.0. The Labute approximate surface area is 127 Å². The Morgan fingerprint density at radius 3 is 2.75 bits per heavy atom. The summed E-state index contributed by atoms with van der Waals surface area (Å²) < 4.78 is 2.75. The van der Waals surface area contributed by atoms with Crippen LogP contribution in [0.2, 0.25) is 0 Å². The van der Waals surface area contributed by atoms with Gasteiger partial charge in [0.15, 0.2) is 5.78 Å². The van der Waals surface area contributed by atoms with Crippen molar-refractivity contribution in [2.75, 3.05) is 5.73 Å². The van der Waals surface area contributed by atoms with E-state index in [4.69, 9.17) is 5.73 Å². The second-order valence-electron chi connectivity index (χ2n) is 4.85. The topological polar surface area (TPSA) is 60.9 Å². The monoisotopic (exact) mass is 335 g/mol. The van der Waals surface area contributed by atoms with Gasteiger partial charge in [0.05, 0.1) is 22.3 Å². The van der Waals surface area contributed by atoms with Gasteiger partial charge in [0.25, 0.3) is 0 Å². The molecule has 2 rings (SSSR count). The number of carbonyl (C=O) groups excluding carboxylic acids is 1. The number of nitrogens with two attached hydrogens (primary N) is 1. The highest BCUT2D eigenvalue weighted by Crippen LogP contribution is 2.24. The van der Waals surface area contributed by atoms with Gasteiger partial charge < -0.3 is 5.73 Å². The van der Waals surface area contributed by atoms with Crippen LogP contribution in [0.1, 0.15) is 34.2 Å². The summed E-state index contributed by atoms with van der Waals surface area (Å²) in [4.78, 5) is 12.5. The van der Waals surface area contributed by atoms with Gasteiger partial charge >= 0.3 is 0 Å². The third kappa shape index (κ3) is 2.77. The number of hydrogen-bond donors (Lipinski definition) is 1. The van der Waals surface area contributed by atoms with Crippen molar-refractivity contribution in [3.05, 3.63) is 45.2 Å². The smallest absolute Gasteiger partial charge is 0.170 e. The SMILES string of the molecule is CCn1nc(C)c(Br)c1CC(=O)c1cc(C)ccc1N. The molecule has 0 radical (unpaired) electrons. The molecule has 2 aromatic rings. The number of anilines is 1. The molecule has 0 saturated heterocycles. The van der Waals surface area contributed by atoms with E-state index in [1.54, 1.807) is 6.07 Å². The van der Waals surface area contributed by atoms with Gasteiger partial charge in [-0.3, -0.25) is 9.48 Å². The predicted molar refractivity (Wildman–Crippen MR) is 84.0 cm³/mol. The van der Waals surface area contributed by atoms with Gasteiger partial charge in [0.2, 0.25) is 0 Å². The van der Waals surface area contributed by atoms with E-state index in [0.29, 0.717) is 17.7 Å². The fourth-order valence-corrected chi connectivity index (χ4v) is 2.62. The lowest BCUT2D eigenvalue weighted by Crippen LogP contribution is -2.12. The van der Waals surface area contributed by atoms with Crippen molar-refractivity contribution in [1.82, 2.24) is 9.78 Å². The highest BCUT2D eigenvalue weighted by atomic mass is 79.9. The van der Waals surface area contributed by atoms with Crippen LogP contribution in [-0.4, -0.2) is 15.6 Å². The molecular weight excluding hydrogens is 318 g/mol. The number of ketones is 1. The molecule has 0 fully saturated rings. The Morgan fingerprint density at radius 1 is 1.40 bits per heavy atom. The maximum absolute atomic E-state index is 12.5. The first-order valence-electron chi connectivity index (χ1n) is 6.55. The molecule has 1 aromatic carbocycles. The minimum absolute atomic E-state index is 0.0153. The van der Waals surface area contributed by atoms with Gasteiger partial charge in [-0.2, -0.15) is 5.10 Å². The maximum Gasteiger partial charge on any atom is 0.170 e. The normalized spacial score (nSPS) is 10.8. The van der Waals surface area contributed by atoms with Gasteiger partial charge in [-0.1, -0.05) is 11.6 Å². The molecule has 0 aliphatic heterocycles. The van der Waals surface area contributed by atoms with E-state index in [-0.39, 0.29) is 5.78 Å². The molecule has 2 N–H and O–H groups in total. The van der Waals surface area contributed by atoms with E-state index in [9.17, 15) is 4.79 Å². The highest BCUT2D eigenvalue weighted by Gasteiger charge is 2.18. The van der Waals surface area contributed by atoms with Crippen molar-refractivity contribution in [1.29, 1.82) is 0 Å². The quantitative estimate of drug-likeness (QED) is 0.688. The molecule has 0 atom stereocenters. The molecule has 106 valence electrons. The molecule has 5 heteroatoms. The molecule has 0 unspecified atom stereocenters. The van der Waals surface area contributed by atoms with E-state index >= 15 is 0 Å². The second kappa shape index (κ2) is 5.79. The minimum Gasteiger partial charge on any atom is -0.398 e. The Kier molecular flexibility index (Phi) is 4.28. The summed E-state index contributed by atoms with van der Waals surface area (Å²) in [7, 11) is 0. The Balaban J connectivity index is 2.35. The second-order valence-corrected chi connectivity index (χ2v) is 5.65. The van der Waals surface area contributed by atoms with Crippen LogP contribution in [0.25, 0.3) is 0 Å². The van der Waals surface area contributed by atoms with Gasteiger partial charge in [-0.05, 0) is 48.8 Å². The molecule has 20 heavy (non-hydrogen) atoms. The molecule has 0 bridgehead atoms. The van der Waals surface area contributed by atoms with Crippen molar-refractivity contribution in [3.63, 3.8) is 0 Å². The molecule has 1 aromatic heterocycles. The van der Waals surface area contributed by atoms with Gasteiger partial charge in [-0.25, -0.2) is 0 Å². The number of carbonyl (C=O) groups is 1. The summed E-state index contributed by atoms with van der Waals surface area (Å²) in [5, 5.41) is 4.40. The molecule has 0 spiro atoms. The van der Waals surface area contributed by atoms with Crippen LogP contribution in [0.4, 0.5) is 5.69 Å². The lowest BCUT2D eigenvalue weighted by molar-refractivity contribution is 0.0991. The number of aromatic nitrogens is 2. The zero-order chi connectivity index (χ0) is 14.9. The van der Waals surface area contributed by atoms with Crippen LogP contribution in [0.15, 0.2) is 22.7 Å². The Bertz CT molecular complexity index is 661. The number of Topliss-reactive ketones (excluding diaryl/α,β-unsaturated/α-hetero) is 1. The van der Waals surface area contributed by atoms with Gasteiger partial charge in [-0.15, -0.1) is 0 Å². The number of benzene rings is 1. The van der Waals surface area contributed by atoms with Crippen molar-refractivity contribution in [3.8, 4) is 0 Å². The summed E-state index contributed by atoms with van der Waals surface area (Å²) in [6, 6.07) is 5.52. The fraction of sp³-hybridized carbons (Fsp3) is 0.333. The van der Waals surface area contributed by atoms with Crippen LogP contribution in [0, 0.1) is 13.8 Å². The Morgan fingerprint density at radius 2 is 2.10 bits per heavy atom. The predicted octanol–water partition coefficient (Wildman–Crippen LogP) is 3.29. The van der Waals surface area contributed by atoms with Crippen LogP contribution >= 0.6 is 15.9 Å². The van der Waals surface area contributed by atoms with Crippen LogP contribution in [0.3, 0.4) is 0 Å². The number of nitrogens with zero attached hydrogens (tertiary/aromatic N) is 2. The summed E-state index contributed by atoms with van der Waals surface area (Å²) in [5.74, 6) is 0.0153. The van der Waals surface area contributed by atoms with Crippen molar-refractivity contribution < 1.29 is 4.79 Å². The van der Waals surface area contributed by atoms with E-state index < -0.39 is 0 Å². The average Bonchev–Trinajstić information content (AvgIpc) is 2.69. The summed E-state index contributed by atoms with van der Waals surface area (Å²) in [6.45, 7) is 6.62. The average molecular weight is 336 g/mol. The zero-order valence-corrected chi connectivity index (χ0v) is 13.5. The molecule has 4 nitrogen and oxygen atoms in total. The van der Waals surface area contributed by atoms with Crippen LogP contribution in [0.5, 0.6) is 0 Å². The Hall–Kier alpha value is -1.62. The first-order valence-corrected chi connectivity index (χ1v) is 7.34. The molecular formula is C15H18BrN3O. The zero-order valence-electron chi connectivity index (χ0n) is 11.9. The van der Waals surface area contributed by atoms with Crippen LogP contribution < -0.4 is 5.73 Å². The number of hydrogen-bond acceptors (Lipinski definition) is 3. The molecule has 0 amide bonds. The molecule has 0 aliphatic rings. The minimum atomic E-state index is 0.0153. The highest BCUT2D eigenvalue weighted by molar-refractivity contribution is 9.10. The van der Waals surface area contributed by atoms with E-state index in [0.717, 1.165) is 28.0 Å². The summed E-state index contributed by atoms with van der Waals surface area (Å²) in [6.07, 6.45) is 0.295. The van der Waals surface area contributed by atoms with Crippen molar-refractivity contribution >= 4 is 27.4 Å². The van der Waals surface area contributed by atoms with Gasteiger partial charge in [0, 0.05) is 17.8 Å². The van der Waals surface area contributed by atoms with Crippen LogP contribution in [-0.2, 0) is 13.0 Å². The maximum atomic E-state index is 12.5. The number of halogens is 1. The van der Waals surface area contributed by atoms with Crippen molar-refractivity contribution in [2.24, 2.45) is 0 Å². The standard InChI is InChI=1S/C15H18BrN3O/c1-4-19-13(15(16)10(3)18-19)8-14(20)11-7-9(2)5-6-12(11)17/h5-7H,4,8,17H2,1-3H3. The molecule has 0 aliphatic carbocycles.